The average molecular weight is 294 g/mol. The number of hydrogen-bond donors (Lipinski definition) is 1. The summed E-state index contributed by atoms with van der Waals surface area (Å²) in [6.07, 6.45) is 0. The summed E-state index contributed by atoms with van der Waals surface area (Å²) in [5.41, 5.74) is 8.66. The lowest BCUT2D eigenvalue weighted by molar-refractivity contribution is 0.598. The highest BCUT2D eigenvalue weighted by Crippen LogP contribution is 2.29. The zero-order chi connectivity index (χ0) is 12.4. The Hall–Kier alpha value is -1.19. The predicted octanol–water partition coefficient (Wildman–Crippen LogP) is 3.94. The van der Waals surface area contributed by atoms with Gasteiger partial charge in [0.1, 0.15) is 5.82 Å². The SMILES string of the molecule is Cc1ccc(C(N)c2c(F)cccc2Br)cc1. The van der Waals surface area contributed by atoms with E-state index in [1.807, 2.05) is 31.2 Å². The number of benzene rings is 2. The van der Waals surface area contributed by atoms with Crippen LogP contribution in [0, 0.1) is 12.7 Å². The molecule has 17 heavy (non-hydrogen) atoms. The third kappa shape index (κ3) is 2.56. The van der Waals surface area contributed by atoms with E-state index in [0.717, 1.165) is 11.1 Å². The summed E-state index contributed by atoms with van der Waals surface area (Å²) in [7, 11) is 0. The number of nitrogens with two attached hydrogens (primary N) is 1. The highest BCUT2D eigenvalue weighted by molar-refractivity contribution is 9.10. The fourth-order valence-corrected chi connectivity index (χ4v) is 2.34. The fourth-order valence-electron chi connectivity index (χ4n) is 1.75. The lowest BCUT2D eigenvalue weighted by Crippen LogP contribution is -2.14. The second kappa shape index (κ2) is 4.98. The maximum Gasteiger partial charge on any atom is 0.129 e. The lowest BCUT2D eigenvalue weighted by atomic mass is 9.98. The van der Waals surface area contributed by atoms with E-state index < -0.39 is 6.04 Å². The van der Waals surface area contributed by atoms with Gasteiger partial charge in [0, 0.05) is 10.0 Å². The van der Waals surface area contributed by atoms with E-state index in [4.69, 9.17) is 5.73 Å². The van der Waals surface area contributed by atoms with Crippen LogP contribution in [0.25, 0.3) is 0 Å². The van der Waals surface area contributed by atoms with Gasteiger partial charge in [-0.25, -0.2) is 4.39 Å². The second-order valence-corrected chi connectivity index (χ2v) is 4.88. The highest BCUT2D eigenvalue weighted by Gasteiger charge is 2.16. The van der Waals surface area contributed by atoms with Crippen molar-refractivity contribution < 1.29 is 4.39 Å². The summed E-state index contributed by atoms with van der Waals surface area (Å²) in [5, 5.41) is 0. The van der Waals surface area contributed by atoms with Crippen molar-refractivity contribution in [1.29, 1.82) is 0 Å². The van der Waals surface area contributed by atoms with Crippen LogP contribution in [-0.4, -0.2) is 0 Å². The first kappa shape index (κ1) is 12.3. The van der Waals surface area contributed by atoms with Crippen molar-refractivity contribution in [2.75, 3.05) is 0 Å². The molecule has 1 atom stereocenters. The van der Waals surface area contributed by atoms with Gasteiger partial charge in [-0.15, -0.1) is 0 Å². The molecular formula is C14H13BrFN. The molecule has 1 unspecified atom stereocenters. The summed E-state index contributed by atoms with van der Waals surface area (Å²) in [6, 6.07) is 12.2. The van der Waals surface area contributed by atoms with E-state index >= 15 is 0 Å². The van der Waals surface area contributed by atoms with Crippen molar-refractivity contribution in [2.24, 2.45) is 5.73 Å². The number of halogens is 2. The molecule has 0 aliphatic carbocycles. The Morgan fingerprint density at radius 3 is 2.35 bits per heavy atom. The normalized spacial score (nSPS) is 12.5. The summed E-state index contributed by atoms with van der Waals surface area (Å²) in [5.74, 6) is -0.285. The first-order chi connectivity index (χ1) is 8.09. The molecule has 3 heteroatoms. The van der Waals surface area contributed by atoms with Crippen LogP contribution in [0.4, 0.5) is 4.39 Å². The molecule has 0 heterocycles. The van der Waals surface area contributed by atoms with Crippen LogP contribution >= 0.6 is 15.9 Å². The third-order valence-electron chi connectivity index (χ3n) is 2.75. The van der Waals surface area contributed by atoms with Crippen LogP contribution in [0.2, 0.25) is 0 Å². The van der Waals surface area contributed by atoms with Crippen molar-refractivity contribution in [3.8, 4) is 0 Å². The monoisotopic (exact) mass is 293 g/mol. The Kier molecular flexibility index (Phi) is 3.60. The molecule has 0 radical (unpaired) electrons. The lowest BCUT2D eigenvalue weighted by Gasteiger charge is -2.15. The molecule has 88 valence electrons. The molecule has 0 aliphatic rings. The Morgan fingerprint density at radius 2 is 1.76 bits per heavy atom. The maximum absolute atomic E-state index is 13.8. The minimum Gasteiger partial charge on any atom is -0.320 e. The Bertz CT molecular complexity index is 502. The molecule has 2 rings (SSSR count). The van der Waals surface area contributed by atoms with Gasteiger partial charge < -0.3 is 5.73 Å². The molecule has 0 aromatic heterocycles. The zero-order valence-electron chi connectivity index (χ0n) is 9.45. The van der Waals surface area contributed by atoms with Gasteiger partial charge in [0.2, 0.25) is 0 Å². The van der Waals surface area contributed by atoms with E-state index in [-0.39, 0.29) is 5.82 Å². The topological polar surface area (TPSA) is 26.0 Å². The average Bonchev–Trinajstić information content (AvgIpc) is 2.29. The number of aryl methyl sites for hydroxylation is 1. The number of rotatable bonds is 2. The predicted molar refractivity (Wildman–Crippen MR) is 71.3 cm³/mol. The van der Waals surface area contributed by atoms with Crippen LogP contribution in [0.15, 0.2) is 46.9 Å². The largest absolute Gasteiger partial charge is 0.320 e. The van der Waals surface area contributed by atoms with Gasteiger partial charge in [-0.3, -0.25) is 0 Å². The molecule has 0 amide bonds. The van der Waals surface area contributed by atoms with Crippen molar-refractivity contribution in [3.05, 3.63) is 69.4 Å². The van der Waals surface area contributed by atoms with E-state index in [1.165, 1.54) is 6.07 Å². The van der Waals surface area contributed by atoms with E-state index in [1.54, 1.807) is 12.1 Å². The van der Waals surface area contributed by atoms with Gasteiger partial charge in [-0.2, -0.15) is 0 Å². The summed E-state index contributed by atoms with van der Waals surface area (Å²) >= 11 is 3.34. The van der Waals surface area contributed by atoms with Crippen LogP contribution in [0.3, 0.4) is 0 Å². The van der Waals surface area contributed by atoms with Crippen LogP contribution in [0.1, 0.15) is 22.7 Å². The molecule has 0 bridgehead atoms. The van der Waals surface area contributed by atoms with Gasteiger partial charge in [0.05, 0.1) is 6.04 Å². The number of hydrogen-bond acceptors (Lipinski definition) is 1. The van der Waals surface area contributed by atoms with Crippen molar-refractivity contribution >= 4 is 15.9 Å². The summed E-state index contributed by atoms with van der Waals surface area (Å²) in [4.78, 5) is 0. The molecule has 0 saturated heterocycles. The second-order valence-electron chi connectivity index (χ2n) is 4.02. The smallest absolute Gasteiger partial charge is 0.129 e. The van der Waals surface area contributed by atoms with Crippen LogP contribution < -0.4 is 5.73 Å². The molecule has 0 saturated carbocycles. The van der Waals surface area contributed by atoms with Gasteiger partial charge in [0.15, 0.2) is 0 Å². The van der Waals surface area contributed by atoms with Crippen molar-refractivity contribution in [1.82, 2.24) is 0 Å². The van der Waals surface area contributed by atoms with Crippen molar-refractivity contribution in [2.45, 2.75) is 13.0 Å². The summed E-state index contributed by atoms with van der Waals surface area (Å²) < 4.78 is 14.5. The van der Waals surface area contributed by atoms with Gasteiger partial charge >= 0.3 is 0 Å². The van der Waals surface area contributed by atoms with Crippen LogP contribution in [0.5, 0.6) is 0 Å². The quantitative estimate of drug-likeness (QED) is 0.892. The molecule has 1 nitrogen and oxygen atoms in total. The minimum absolute atomic E-state index is 0.285. The highest BCUT2D eigenvalue weighted by atomic mass is 79.9. The minimum atomic E-state index is -0.453. The van der Waals surface area contributed by atoms with Gasteiger partial charge in [0.25, 0.3) is 0 Å². The molecular weight excluding hydrogens is 281 g/mol. The third-order valence-corrected chi connectivity index (χ3v) is 3.44. The fraction of sp³-hybridized carbons (Fsp3) is 0.143. The first-order valence-electron chi connectivity index (χ1n) is 5.35. The molecule has 2 aromatic rings. The molecule has 2 N–H and O–H groups in total. The Balaban J connectivity index is 2.43. The molecule has 0 aliphatic heterocycles. The molecule has 0 fully saturated rings. The van der Waals surface area contributed by atoms with E-state index in [9.17, 15) is 4.39 Å². The van der Waals surface area contributed by atoms with Gasteiger partial charge in [-0.1, -0.05) is 51.8 Å². The van der Waals surface area contributed by atoms with E-state index in [2.05, 4.69) is 15.9 Å². The summed E-state index contributed by atoms with van der Waals surface area (Å²) in [6.45, 7) is 2.01. The zero-order valence-corrected chi connectivity index (χ0v) is 11.0. The maximum atomic E-state index is 13.8. The van der Waals surface area contributed by atoms with Crippen LogP contribution in [-0.2, 0) is 0 Å². The standard InChI is InChI=1S/C14H13BrFN/c1-9-5-7-10(8-6-9)14(17)13-11(15)3-2-4-12(13)16/h2-8,14H,17H2,1H3. The Labute approximate surface area is 109 Å². The molecule has 0 spiro atoms. The van der Waals surface area contributed by atoms with Gasteiger partial charge in [-0.05, 0) is 24.6 Å². The van der Waals surface area contributed by atoms with Crippen molar-refractivity contribution in [3.63, 3.8) is 0 Å². The molecule has 2 aromatic carbocycles. The van der Waals surface area contributed by atoms with E-state index in [0.29, 0.717) is 10.0 Å². The first-order valence-corrected chi connectivity index (χ1v) is 6.15. The Morgan fingerprint density at radius 1 is 1.12 bits per heavy atom.